The van der Waals surface area contributed by atoms with Gasteiger partial charge in [-0.3, -0.25) is 9.97 Å². The van der Waals surface area contributed by atoms with E-state index in [1.807, 2.05) is 7.05 Å². The third-order valence-corrected chi connectivity index (χ3v) is 3.02. The molecule has 1 atom stereocenters. The number of halogens is 1. The van der Waals surface area contributed by atoms with Crippen LogP contribution in [0.2, 0.25) is 0 Å². The minimum Gasteiger partial charge on any atom is -0.308 e. The summed E-state index contributed by atoms with van der Waals surface area (Å²) in [7, 11) is 1.93. The van der Waals surface area contributed by atoms with Gasteiger partial charge in [0.2, 0.25) is 0 Å². The van der Waals surface area contributed by atoms with E-state index in [1.54, 1.807) is 18.6 Å². The number of rotatable bonds is 3. The predicted molar refractivity (Wildman–Crippen MR) is 72.1 cm³/mol. The first-order chi connectivity index (χ1) is 7.81. The molecule has 4 heteroatoms. The lowest BCUT2D eigenvalue weighted by Crippen LogP contribution is -2.19. The smallest absolute Gasteiger partial charge is 0.0801 e. The van der Waals surface area contributed by atoms with Crippen LogP contribution in [0.4, 0.5) is 0 Å². The molecule has 2 rings (SSSR count). The van der Waals surface area contributed by atoms with E-state index in [4.69, 9.17) is 0 Å². The molecule has 1 unspecified atom stereocenters. The van der Waals surface area contributed by atoms with Gasteiger partial charge in [0.15, 0.2) is 0 Å². The molecule has 0 aliphatic carbocycles. The summed E-state index contributed by atoms with van der Waals surface area (Å²) in [4.78, 5) is 8.43. The summed E-state index contributed by atoms with van der Waals surface area (Å²) < 4.78 is 1.22. The van der Waals surface area contributed by atoms with Crippen molar-refractivity contribution in [1.82, 2.24) is 15.3 Å². The third kappa shape index (κ3) is 2.56. The molecule has 82 valence electrons. The van der Waals surface area contributed by atoms with Crippen molar-refractivity contribution in [3.63, 3.8) is 0 Å². The molecule has 1 aromatic carbocycles. The van der Waals surface area contributed by atoms with E-state index < -0.39 is 0 Å². The van der Waals surface area contributed by atoms with Crippen molar-refractivity contribution in [1.29, 1.82) is 0 Å². The van der Waals surface area contributed by atoms with Gasteiger partial charge in [-0.2, -0.15) is 0 Å². The van der Waals surface area contributed by atoms with Crippen molar-refractivity contribution in [2.75, 3.05) is 7.05 Å². The van der Waals surface area contributed by atoms with Crippen LogP contribution in [0.3, 0.4) is 0 Å². The minimum atomic E-state index is 0.100. The van der Waals surface area contributed by atoms with E-state index in [-0.39, 0.29) is 6.04 Å². The zero-order valence-electron chi connectivity index (χ0n) is 8.89. The molecule has 0 fully saturated rings. The Morgan fingerprint density at radius 1 is 1.31 bits per heavy atom. The molecule has 1 N–H and O–H groups in total. The zero-order valence-corrected chi connectivity index (χ0v) is 11.0. The van der Waals surface area contributed by atoms with Crippen molar-refractivity contribution >= 4 is 22.6 Å². The van der Waals surface area contributed by atoms with Gasteiger partial charge in [-0.15, -0.1) is 0 Å². The fourth-order valence-corrected chi connectivity index (χ4v) is 2.20. The van der Waals surface area contributed by atoms with Gasteiger partial charge in [-0.1, -0.05) is 12.1 Å². The van der Waals surface area contributed by atoms with Gasteiger partial charge in [-0.25, -0.2) is 0 Å². The molecule has 16 heavy (non-hydrogen) atoms. The Hall–Kier alpha value is -1.01. The lowest BCUT2D eigenvalue weighted by atomic mass is 10.0. The molecule has 0 saturated carbocycles. The van der Waals surface area contributed by atoms with E-state index in [1.165, 1.54) is 9.13 Å². The number of nitrogens with one attached hydrogen (secondary N) is 1. The number of nitrogens with zero attached hydrogens (tertiary/aromatic N) is 2. The maximum atomic E-state index is 4.33. The summed E-state index contributed by atoms with van der Waals surface area (Å²) in [6, 6.07) is 8.48. The molecule has 0 bridgehead atoms. The number of hydrogen-bond acceptors (Lipinski definition) is 3. The van der Waals surface area contributed by atoms with Gasteiger partial charge >= 0.3 is 0 Å². The van der Waals surface area contributed by atoms with Crippen LogP contribution >= 0.6 is 22.6 Å². The average Bonchev–Trinajstić information content (AvgIpc) is 2.31. The van der Waals surface area contributed by atoms with Crippen LogP contribution in [-0.2, 0) is 0 Å². The van der Waals surface area contributed by atoms with E-state index >= 15 is 0 Å². The monoisotopic (exact) mass is 325 g/mol. The summed E-state index contributed by atoms with van der Waals surface area (Å²) in [5, 5.41) is 3.26. The second kappa shape index (κ2) is 5.36. The van der Waals surface area contributed by atoms with Crippen LogP contribution in [0.25, 0.3) is 0 Å². The van der Waals surface area contributed by atoms with E-state index in [9.17, 15) is 0 Å². The molecule has 0 spiro atoms. The van der Waals surface area contributed by atoms with E-state index in [0.717, 1.165) is 5.69 Å². The Morgan fingerprint density at radius 2 is 2.19 bits per heavy atom. The number of benzene rings is 1. The van der Waals surface area contributed by atoms with Crippen LogP contribution in [-0.4, -0.2) is 17.0 Å². The molecular formula is C12H12IN3. The average molecular weight is 325 g/mol. The van der Waals surface area contributed by atoms with Crippen LogP contribution < -0.4 is 5.32 Å². The zero-order chi connectivity index (χ0) is 11.4. The Kier molecular flexibility index (Phi) is 3.84. The van der Waals surface area contributed by atoms with Gasteiger partial charge in [0, 0.05) is 16.0 Å². The topological polar surface area (TPSA) is 37.8 Å². The highest BCUT2D eigenvalue weighted by molar-refractivity contribution is 14.1. The maximum absolute atomic E-state index is 4.33. The highest BCUT2D eigenvalue weighted by Gasteiger charge is 2.13. The standard InChI is InChI=1S/C12H12IN3/c1-14-12(11-8-15-5-6-16-11)9-3-2-4-10(13)7-9/h2-8,12,14H,1H3. The summed E-state index contributed by atoms with van der Waals surface area (Å²) in [6.07, 6.45) is 5.19. The molecule has 0 amide bonds. The fraction of sp³-hybridized carbons (Fsp3) is 0.167. The molecule has 3 nitrogen and oxygen atoms in total. The van der Waals surface area contributed by atoms with Crippen molar-refractivity contribution in [3.8, 4) is 0 Å². The van der Waals surface area contributed by atoms with Crippen molar-refractivity contribution in [2.45, 2.75) is 6.04 Å². The van der Waals surface area contributed by atoms with Gasteiger partial charge in [0.1, 0.15) is 0 Å². The molecule has 1 aromatic heterocycles. The Balaban J connectivity index is 2.37. The van der Waals surface area contributed by atoms with Crippen LogP contribution in [0, 0.1) is 3.57 Å². The summed E-state index contributed by atoms with van der Waals surface area (Å²) in [5.74, 6) is 0. The fourth-order valence-electron chi connectivity index (χ4n) is 1.63. The second-order valence-electron chi connectivity index (χ2n) is 3.41. The van der Waals surface area contributed by atoms with E-state index in [0.29, 0.717) is 0 Å². The SMILES string of the molecule is CNC(c1cccc(I)c1)c1cnccn1. The summed E-state index contributed by atoms with van der Waals surface area (Å²) in [6.45, 7) is 0. The van der Waals surface area contributed by atoms with Crippen LogP contribution in [0.5, 0.6) is 0 Å². The van der Waals surface area contributed by atoms with Crippen molar-refractivity contribution in [3.05, 3.63) is 57.7 Å². The quantitative estimate of drug-likeness (QED) is 0.881. The molecule has 1 heterocycles. The molecule has 0 saturated heterocycles. The lowest BCUT2D eigenvalue weighted by molar-refractivity contribution is 0.666. The van der Waals surface area contributed by atoms with Crippen molar-refractivity contribution < 1.29 is 0 Å². The van der Waals surface area contributed by atoms with Crippen LogP contribution in [0.1, 0.15) is 17.3 Å². The van der Waals surface area contributed by atoms with Gasteiger partial charge in [0.25, 0.3) is 0 Å². The lowest BCUT2D eigenvalue weighted by Gasteiger charge is -2.15. The molecular weight excluding hydrogens is 313 g/mol. The van der Waals surface area contributed by atoms with E-state index in [2.05, 4.69) is 62.1 Å². The molecule has 0 aliphatic heterocycles. The summed E-state index contributed by atoms with van der Waals surface area (Å²) in [5.41, 5.74) is 2.14. The van der Waals surface area contributed by atoms with Gasteiger partial charge < -0.3 is 5.32 Å². The maximum Gasteiger partial charge on any atom is 0.0801 e. The Labute approximate surface area is 108 Å². The number of aromatic nitrogens is 2. The first-order valence-corrected chi connectivity index (χ1v) is 6.08. The molecule has 2 aromatic rings. The largest absolute Gasteiger partial charge is 0.308 e. The van der Waals surface area contributed by atoms with Gasteiger partial charge in [-0.05, 0) is 47.3 Å². The summed E-state index contributed by atoms with van der Waals surface area (Å²) >= 11 is 2.31. The Bertz CT molecular complexity index is 459. The Morgan fingerprint density at radius 3 is 2.81 bits per heavy atom. The number of hydrogen-bond donors (Lipinski definition) is 1. The van der Waals surface area contributed by atoms with Gasteiger partial charge in [0.05, 0.1) is 17.9 Å². The van der Waals surface area contributed by atoms with Crippen LogP contribution in [0.15, 0.2) is 42.9 Å². The normalized spacial score (nSPS) is 12.4. The highest BCUT2D eigenvalue weighted by Crippen LogP contribution is 2.20. The minimum absolute atomic E-state index is 0.100. The highest BCUT2D eigenvalue weighted by atomic mass is 127. The first-order valence-electron chi connectivity index (χ1n) is 5.00. The first kappa shape index (κ1) is 11.5. The second-order valence-corrected chi connectivity index (χ2v) is 4.65. The third-order valence-electron chi connectivity index (χ3n) is 2.35. The van der Waals surface area contributed by atoms with Crippen molar-refractivity contribution in [2.24, 2.45) is 0 Å². The predicted octanol–water partition coefficient (Wildman–Crippen LogP) is 2.39. The molecule has 0 radical (unpaired) electrons. The molecule has 0 aliphatic rings.